The van der Waals surface area contributed by atoms with Crippen LogP contribution < -0.4 is 0 Å². The van der Waals surface area contributed by atoms with Crippen molar-refractivity contribution in [3.8, 4) is 0 Å². The molecule has 0 spiro atoms. The molecule has 0 saturated carbocycles. The van der Waals surface area contributed by atoms with Crippen LogP contribution >= 0.6 is 0 Å². The average Bonchev–Trinajstić information content (AvgIpc) is 2.53. The van der Waals surface area contributed by atoms with Crippen molar-refractivity contribution in [3.05, 3.63) is 29.1 Å². The maximum absolute atomic E-state index is 14.0. The Kier molecular flexibility index (Phi) is 4.35. The van der Waals surface area contributed by atoms with Crippen molar-refractivity contribution >= 4 is 17.9 Å². The lowest BCUT2D eigenvalue weighted by molar-refractivity contribution is 0.187. The molecule has 2 aliphatic rings. The van der Waals surface area contributed by atoms with E-state index in [2.05, 4.69) is 28.9 Å². The van der Waals surface area contributed by atoms with Crippen LogP contribution in [0.4, 0.5) is 10.1 Å². The maximum Gasteiger partial charge on any atom is 0.223 e. The van der Waals surface area contributed by atoms with E-state index in [4.69, 9.17) is 4.99 Å². The molecule has 23 heavy (non-hydrogen) atoms. The Morgan fingerprint density at radius 2 is 1.96 bits per heavy atom. The number of likely N-dealkylation sites (N-methyl/N-ethyl adjacent to an activating group) is 1. The Morgan fingerprint density at radius 3 is 2.61 bits per heavy atom. The second-order valence-corrected chi connectivity index (χ2v) is 6.26. The zero-order chi connectivity index (χ0) is 16.6. The Labute approximate surface area is 137 Å². The predicted molar refractivity (Wildman–Crippen MR) is 91.7 cm³/mol. The third-order valence-corrected chi connectivity index (χ3v) is 4.58. The summed E-state index contributed by atoms with van der Waals surface area (Å²) in [6, 6.07) is 3.47. The van der Waals surface area contributed by atoms with Crippen molar-refractivity contribution in [1.82, 2.24) is 14.8 Å². The number of piperazine rings is 1. The van der Waals surface area contributed by atoms with Crippen molar-refractivity contribution in [2.45, 2.75) is 26.8 Å². The number of benzene rings is 1. The van der Waals surface area contributed by atoms with Crippen molar-refractivity contribution in [1.29, 1.82) is 0 Å². The minimum Gasteiger partial charge on any atom is -0.338 e. The van der Waals surface area contributed by atoms with E-state index in [0.29, 0.717) is 5.56 Å². The number of rotatable bonds is 1. The van der Waals surface area contributed by atoms with E-state index in [0.717, 1.165) is 43.4 Å². The number of guanidine groups is 1. The molecule has 0 radical (unpaired) electrons. The molecule has 1 saturated heterocycles. The molecule has 1 fully saturated rings. The molecule has 1 unspecified atom stereocenters. The quantitative estimate of drug-likeness (QED) is 0.747. The number of aliphatic imine (C=N–C) groups is 1. The van der Waals surface area contributed by atoms with Gasteiger partial charge < -0.3 is 9.80 Å². The van der Waals surface area contributed by atoms with Crippen molar-refractivity contribution in [2.24, 2.45) is 10.1 Å². The van der Waals surface area contributed by atoms with E-state index in [1.54, 1.807) is 19.2 Å². The summed E-state index contributed by atoms with van der Waals surface area (Å²) < 4.78 is 14.0. The molecule has 6 heteroatoms. The van der Waals surface area contributed by atoms with Gasteiger partial charge in [-0.15, -0.1) is 0 Å². The molecule has 0 N–H and O–H groups in total. The molecule has 124 valence electrons. The summed E-state index contributed by atoms with van der Waals surface area (Å²) >= 11 is 0. The monoisotopic (exact) mass is 317 g/mol. The highest BCUT2D eigenvalue weighted by molar-refractivity contribution is 5.86. The summed E-state index contributed by atoms with van der Waals surface area (Å²) in [5.41, 5.74) is 2.39. The second-order valence-electron chi connectivity index (χ2n) is 6.26. The van der Waals surface area contributed by atoms with Crippen LogP contribution in [0.2, 0.25) is 0 Å². The number of hydrogen-bond acceptors (Lipinski definition) is 5. The predicted octanol–water partition coefficient (Wildman–Crippen LogP) is 2.75. The maximum atomic E-state index is 14.0. The molecule has 2 aliphatic heterocycles. The lowest BCUT2D eigenvalue weighted by Gasteiger charge is -2.41. The highest BCUT2D eigenvalue weighted by Gasteiger charge is 2.31. The first-order valence-electron chi connectivity index (χ1n) is 8.11. The molecule has 1 atom stereocenters. The molecule has 0 aromatic heterocycles. The largest absolute Gasteiger partial charge is 0.338 e. The van der Waals surface area contributed by atoms with Gasteiger partial charge in [0.25, 0.3) is 0 Å². The average molecular weight is 317 g/mol. The minimum absolute atomic E-state index is 0.0349. The number of aryl methyl sites for hydroxylation is 1. The smallest absolute Gasteiger partial charge is 0.223 e. The normalized spacial score (nSPS) is 22.5. The van der Waals surface area contributed by atoms with Crippen LogP contribution in [0, 0.1) is 12.7 Å². The molecule has 3 rings (SSSR count). The lowest BCUT2D eigenvalue weighted by Crippen LogP contribution is -2.52. The highest BCUT2D eigenvalue weighted by Crippen LogP contribution is 2.37. The zero-order valence-electron chi connectivity index (χ0n) is 14.3. The molecular formula is C17H24FN5. The summed E-state index contributed by atoms with van der Waals surface area (Å²) in [4.78, 5) is 9.28. The Bertz CT molecular complexity index is 647. The fourth-order valence-corrected chi connectivity index (χ4v) is 3.09. The molecule has 1 aromatic carbocycles. The highest BCUT2D eigenvalue weighted by atomic mass is 19.1. The van der Waals surface area contributed by atoms with E-state index in [9.17, 15) is 4.39 Å². The van der Waals surface area contributed by atoms with Crippen LogP contribution in [0.1, 0.15) is 31.0 Å². The first-order chi connectivity index (χ1) is 11.0. The summed E-state index contributed by atoms with van der Waals surface area (Å²) in [5, 5.41) is 6.47. The van der Waals surface area contributed by atoms with Gasteiger partial charge in [-0.2, -0.15) is 5.10 Å². The molecule has 2 heterocycles. The third kappa shape index (κ3) is 2.95. The minimum atomic E-state index is -0.204. The molecule has 0 amide bonds. The summed E-state index contributed by atoms with van der Waals surface area (Å²) in [7, 11) is 2.12. The van der Waals surface area contributed by atoms with Crippen LogP contribution in [-0.2, 0) is 0 Å². The number of halogens is 1. The van der Waals surface area contributed by atoms with E-state index < -0.39 is 0 Å². The topological polar surface area (TPSA) is 34.4 Å². The molecule has 5 nitrogen and oxygen atoms in total. The van der Waals surface area contributed by atoms with Gasteiger partial charge >= 0.3 is 0 Å². The van der Waals surface area contributed by atoms with Gasteiger partial charge in [0.2, 0.25) is 5.96 Å². The van der Waals surface area contributed by atoms with Crippen molar-refractivity contribution < 1.29 is 4.39 Å². The van der Waals surface area contributed by atoms with Gasteiger partial charge in [0.15, 0.2) is 0 Å². The fourth-order valence-electron chi connectivity index (χ4n) is 3.09. The van der Waals surface area contributed by atoms with E-state index in [-0.39, 0.29) is 11.9 Å². The van der Waals surface area contributed by atoms with Crippen LogP contribution in [0.25, 0.3) is 0 Å². The van der Waals surface area contributed by atoms with Gasteiger partial charge in [0, 0.05) is 44.0 Å². The molecular weight excluding hydrogens is 293 g/mol. The standard InChI is InChI=1S/C17H24FN5/c1-5-19-23-13(3)14-10-12(2)15(18)11-16(14)20-17(23)22-8-6-21(4)7-9-22/h5,10-11,13H,6-9H2,1-4H3/b19-5-. The second kappa shape index (κ2) is 6.28. The lowest BCUT2D eigenvalue weighted by atomic mass is 10.0. The Balaban J connectivity index is 2.03. The Hall–Kier alpha value is -1.95. The number of hydrazone groups is 1. The van der Waals surface area contributed by atoms with Gasteiger partial charge in [-0.3, -0.25) is 0 Å². The van der Waals surface area contributed by atoms with Gasteiger partial charge in [0.05, 0.1) is 11.7 Å². The third-order valence-electron chi connectivity index (χ3n) is 4.58. The van der Waals surface area contributed by atoms with Crippen molar-refractivity contribution in [2.75, 3.05) is 33.2 Å². The van der Waals surface area contributed by atoms with Crippen LogP contribution in [-0.4, -0.2) is 60.2 Å². The first-order valence-corrected chi connectivity index (χ1v) is 8.11. The van der Waals surface area contributed by atoms with E-state index >= 15 is 0 Å². The Morgan fingerprint density at radius 1 is 1.26 bits per heavy atom. The molecule has 0 bridgehead atoms. The van der Waals surface area contributed by atoms with Crippen LogP contribution in [0.5, 0.6) is 0 Å². The van der Waals surface area contributed by atoms with Gasteiger partial charge in [-0.05, 0) is 39.4 Å². The zero-order valence-corrected chi connectivity index (χ0v) is 14.3. The molecule has 0 aliphatic carbocycles. The van der Waals surface area contributed by atoms with Gasteiger partial charge in [0.1, 0.15) is 5.82 Å². The van der Waals surface area contributed by atoms with Crippen LogP contribution in [0.15, 0.2) is 22.2 Å². The van der Waals surface area contributed by atoms with Gasteiger partial charge in [-0.25, -0.2) is 14.4 Å². The number of fused-ring (bicyclic) bond motifs is 1. The van der Waals surface area contributed by atoms with Crippen molar-refractivity contribution in [3.63, 3.8) is 0 Å². The summed E-state index contributed by atoms with van der Waals surface area (Å²) in [6.07, 6.45) is 1.78. The first kappa shape index (κ1) is 15.9. The fraction of sp³-hybridized carbons (Fsp3) is 0.529. The number of nitrogens with zero attached hydrogens (tertiary/aromatic N) is 5. The summed E-state index contributed by atoms with van der Waals surface area (Å²) in [6.45, 7) is 9.57. The summed E-state index contributed by atoms with van der Waals surface area (Å²) in [5.74, 6) is 0.615. The van der Waals surface area contributed by atoms with Crippen LogP contribution in [0.3, 0.4) is 0 Å². The number of hydrogen-bond donors (Lipinski definition) is 0. The molecule has 1 aromatic rings. The SMILES string of the molecule is C/C=N\N1C(N2CCN(C)CC2)=Nc2cc(F)c(C)cc2C1C. The van der Waals surface area contributed by atoms with Gasteiger partial charge in [-0.1, -0.05) is 0 Å². The van der Waals surface area contributed by atoms with E-state index in [1.807, 2.05) is 18.0 Å². The van der Waals surface area contributed by atoms with E-state index in [1.165, 1.54) is 0 Å².